The average molecular weight is 436 g/mol. The van der Waals surface area contributed by atoms with Crippen LogP contribution in [0.3, 0.4) is 0 Å². The molecule has 0 spiro atoms. The summed E-state index contributed by atoms with van der Waals surface area (Å²) in [6, 6.07) is 5.89. The SMILES string of the molecule is CNc1cc(Nc2cccnc2OC2CCCCC2)nc2c(C(=O)NC3CCC3)cnn12. The van der Waals surface area contributed by atoms with Gasteiger partial charge in [-0.3, -0.25) is 4.79 Å². The lowest BCUT2D eigenvalue weighted by Crippen LogP contribution is -2.39. The predicted molar refractivity (Wildman–Crippen MR) is 123 cm³/mol. The Morgan fingerprint density at radius 2 is 2.00 bits per heavy atom. The van der Waals surface area contributed by atoms with Crippen LogP contribution in [0, 0.1) is 0 Å². The first-order valence-corrected chi connectivity index (χ1v) is 11.5. The second-order valence-electron chi connectivity index (χ2n) is 8.53. The van der Waals surface area contributed by atoms with Gasteiger partial charge in [0, 0.05) is 25.4 Å². The minimum Gasteiger partial charge on any atom is -0.473 e. The van der Waals surface area contributed by atoms with E-state index < -0.39 is 0 Å². The summed E-state index contributed by atoms with van der Waals surface area (Å²) in [5, 5.41) is 13.9. The van der Waals surface area contributed by atoms with E-state index in [1.807, 2.05) is 25.2 Å². The largest absolute Gasteiger partial charge is 0.473 e. The number of fused-ring (bicyclic) bond motifs is 1. The molecule has 9 heteroatoms. The molecule has 1 amide bonds. The third-order valence-electron chi connectivity index (χ3n) is 6.28. The number of anilines is 3. The van der Waals surface area contributed by atoms with Crippen molar-refractivity contribution >= 4 is 28.9 Å². The number of nitrogens with one attached hydrogen (secondary N) is 3. The molecule has 3 N–H and O–H groups in total. The van der Waals surface area contributed by atoms with Crippen LogP contribution in [-0.2, 0) is 0 Å². The number of aromatic nitrogens is 4. The molecule has 3 aromatic rings. The fourth-order valence-corrected chi connectivity index (χ4v) is 4.24. The quantitative estimate of drug-likeness (QED) is 0.517. The first-order valence-electron chi connectivity index (χ1n) is 11.5. The van der Waals surface area contributed by atoms with Crippen molar-refractivity contribution in [3.05, 3.63) is 36.2 Å². The van der Waals surface area contributed by atoms with E-state index in [0.29, 0.717) is 22.9 Å². The maximum Gasteiger partial charge on any atom is 0.256 e. The summed E-state index contributed by atoms with van der Waals surface area (Å²) >= 11 is 0. The van der Waals surface area contributed by atoms with Crippen molar-refractivity contribution in [3.63, 3.8) is 0 Å². The molecule has 0 bridgehead atoms. The van der Waals surface area contributed by atoms with Crippen LogP contribution < -0.4 is 20.7 Å². The summed E-state index contributed by atoms with van der Waals surface area (Å²) in [5.74, 6) is 1.74. The highest BCUT2D eigenvalue weighted by molar-refractivity contribution is 6.00. The van der Waals surface area contributed by atoms with Crippen molar-refractivity contribution in [2.45, 2.75) is 63.5 Å². The van der Waals surface area contributed by atoms with Crippen LogP contribution in [0.4, 0.5) is 17.3 Å². The lowest BCUT2D eigenvalue weighted by Gasteiger charge is -2.26. The number of carbonyl (C=O) groups is 1. The predicted octanol–water partition coefficient (Wildman–Crippen LogP) is 3.90. The topological polar surface area (TPSA) is 105 Å². The number of hydrogen-bond donors (Lipinski definition) is 3. The third-order valence-corrected chi connectivity index (χ3v) is 6.28. The van der Waals surface area contributed by atoms with Gasteiger partial charge in [0.2, 0.25) is 5.88 Å². The lowest BCUT2D eigenvalue weighted by molar-refractivity contribution is 0.0918. The fourth-order valence-electron chi connectivity index (χ4n) is 4.24. The minimum atomic E-state index is -0.140. The molecule has 5 rings (SSSR count). The van der Waals surface area contributed by atoms with E-state index in [1.165, 1.54) is 19.3 Å². The molecule has 0 aliphatic heterocycles. The zero-order valence-electron chi connectivity index (χ0n) is 18.3. The molecular formula is C23H29N7O2. The third kappa shape index (κ3) is 4.19. The van der Waals surface area contributed by atoms with Gasteiger partial charge in [-0.15, -0.1) is 0 Å². The second-order valence-corrected chi connectivity index (χ2v) is 8.53. The molecule has 0 radical (unpaired) electrons. The van der Waals surface area contributed by atoms with Crippen LogP contribution in [0.2, 0.25) is 0 Å². The highest BCUT2D eigenvalue weighted by Crippen LogP contribution is 2.30. The Balaban J connectivity index is 1.43. The van der Waals surface area contributed by atoms with E-state index in [4.69, 9.17) is 9.72 Å². The van der Waals surface area contributed by atoms with Crippen molar-refractivity contribution in [1.82, 2.24) is 24.9 Å². The van der Waals surface area contributed by atoms with E-state index in [-0.39, 0.29) is 18.1 Å². The van der Waals surface area contributed by atoms with Gasteiger partial charge in [0.05, 0.1) is 6.20 Å². The monoisotopic (exact) mass is 435 g/mol. The van der Waals surface area contributed by atoms with Crippen LogP contribution in [-0.4, -0.2) is 44.7 Å². The Bertz CT molecular complexity index is 1100. The molecule has 32 heavy (non-hydrogen) atoms. The fraction of sp³-hybridized carbons (Fsp3) is 0.478. The first kappa shape index (κ1) is 20.5. The number of hydrogen-bond acceptors (Lipinski definition) is 7. The number of pyridine rings is 1. The van der Waals surface area contributed by atoms with Crippen LogP contribution >= 0.6 is 0 Å². The first-order chi connectivity index (χ1) is 15.7. The van der Waals surface area contributed by atoms with Crippen LogP contribution in [0.25, 0.3) is 5.65 Å². The number of nitrogens with zero attached hydrogens (tertiary/aromatic N) is 4. The van der Waals surface area contributed by atoms with Gasteiger partial charge in [-0.25, -0.2) is 9.97 Å². The summed E-state index contributed by atoms with van der Waals surface area (Å²) in [7, 11) is 1.82. The van der Waals surface area contributed by atoms with Gasteiger partial charge in [0.25, 0.3) is 5.91 Å². The van der Waals surface area contributed by atoms with Gasteiger partial charge in [0.1, 0.15) is 29.0 Å². The van der Waals surface area contributed by atoms with Gasteiger partial charge in [-0.2, -0.15) is 9.61 Å². The maximum atomic E-state index is 12.8. The number of rotatable bonds is 7. The Kier molecular flexibility index (Phi) is 5.79. The standard InChI is InChI=1S/C23H29N7O2/c1-24-20-13-19(28-18-11-6-12-25-23(18)32-16-9-3-2-4-10-16)29-21-17(14-26-30(20)21)22(31)27-15-7-5-8-15/h6,11-16,24H,2-5,7-10H2,1H3,(H,27,31)(H,28,29). The molecule has 2 aliphatic carbocycles. The van der Waals surface area contributed by atoms with Gasteiger partial charge in [-0.05, 0) is 57.1 Å². The highest BCUT2D eigenvalue weighted by Gasteiger charge is 2.24. The molecule has 2 fully saturated rings. The van der Waals surface area contributed by atoms with Crippen LogP contribution in [0.1, 0.15) is 61.7 Å². The highest BCUT2D eigenvalue weighted by atomic mass is 16.5. The molecule has 9 nitrogen and oxygen atoms in total. The molecule has 3 heterocycles. The van der Waals surface area contributed by atoms with E-state index in [1.54, 1.807) is 16.9 Å². The Labute approximate surface area is 187 Å². The van der Waals surface area contributed by atoms with Crippen molar-refractivity contribution in [2.24, 2.45) is 0 Å². The zero-order valence-corrected chi connectivity index (χ0v) is 18.3. The van der Waals surface area contributed by atoms with Crippen LogP contribution in [0.15, 0.2) is 30.6 Å². The molecule has 0 atom stereocenters. The van der Waals surface area contributed by atoms with Crippen molar-refractivity contribution in [1.29, 1.82) is 0 Å². The minimum absolute atomic E-state index is 0.140. The zero-order chi connectivity index (χ0) is 21.9. The van der Waals surface area contributed by atoms with Gasteiger partial charge >= 0.3 is 0 Å². The van der Waals surface area contributed by atoms with Crippen molar-refractivity contribution in [2.75, 3.05) is 17.7 Å². The Morgan fingerprint density at radius 3 is 2.75 bits per heavy atom. The Morgan fingerprint density at radius 1 is 1.16 bits per heavy atom. The number of amides is 1. The molecular weight excluding hydrogens is 406 g/mol. The lowest BCUT2D eigenvalue weighted by atomic mass is 9.93. The molecule has 0 aromatic carbocycles. The maximum absolute atomic E-state index is 12.8. The summed E-state index contributed by atoms with van der Waals surface area (Å²) in [5.41, 5.74) is 1.70. The molecule has 2 saturated carbocycles. The second kappa shape index (κ2) is 9.02. The van der Waals surface area contributed by atoms with E-state index in [2.05, 4.69) is 26.0 Å². The number of carbonyl (C=O) groups excluding carboxylic acids is 1. The summed E-state index contributed by atoms with van der Waals surface area (Å²) < 4.78 is 7.86. The van der Waals surface area contributed by atoms with Gasteiger partial charge in [-0.1, -0.05) is 6.42 Å². The van der Waals surface area contributed by atoms with Crippen LogP contribution in [0.5, 0.6) is 5.88 Å². The summed E-state index contributed by atoms with van der Waals surface area (Å²) in [6.45, 7) is 0. The molecule has 2 aliphatic rings. The molecule has 3 aromatic heterocycles. The normalized spacial score (nSPS) is 17.0. The molecule has 168 valence electrons. The van der Waals surface area contributed by atoms with E-state index in [9.17, 15) is 4.79 Å². The molecule has 0 unspecified atom stereocenters. The number of ether oxygens (including phenoxy) is 1. The smallest absolute Gasteiger partial charge is 0.256 e. The summed E-state index contributed by atoms with van der Waals surface area (Å²) in [4.78, 5) is 21.9. The van der Waals surface area contributed by atoms with Gasteiger partial charge < -0.3 is 20.7 Å². The van der Waals surface area contributed by atoms with Gasteiger partial charge in [0.15, 0.2) is 5.65 Å². The molecule has 0 saturated heterocycles. The average Bonchev–Trinajstić information content (AvgIpc) is 3.22. The Hall–Kier alpha value is -3.36. The van der Waals surface area contributed by atoms with E-state index >= 15 is 0 Å². The van der Waals surface area contributed by atoms with Crippen molar-refractivity contribution in [3.8, 4) is 5.88 Å². The summed E-state index contributed by atoms with van der Waals surface area (Å²) in [6.07, 6.45) is 12.5. The van der Waals surface area contributed by atoms with Crippen molar-refractivity contribution < 1.29 is 9.53 Å². The van der Waals surface area contributed by atoms with E-state index in [0.717, 1.165) is 43.6 Å².